The Balaban J connectivity index is 2.20. The highest BCUT2D eigenvalue weighted by Gasteiger charge is 2.10. The molecular weight excluding hydrogens is 228 g/mol. The van der Waals surface area contributed by atoms with E-state index in [1.807, 2.05) is 0 Å². The SMILES string of the molecule is C=c1cc2c(c3ccccc13)=Cc1ccccc1C2. The van der Waals surface area contributed by atoms with E-state index in [1.165, 1.54) is 32.7 Å². The van der Waals surface area contributed by atoms with Gasteiger partial charge < -0.3 is 0 Å². The quantitative estimate of drug-likeness (QED) is 0.445. The second-order valence-electron chi connectivity index (χ2n) is 5.17. The first-order chi connectivity index (χ1) is 9.33. The zero-order chi connectivity index (χ0) is 12.8. The van der Waals surface area contributed by atoms with E-state index in [-0.39, 0.29) is 0 Å². The van der Waals surface area contributed by atoms with E-state index in [2.05, 4.69) is 67.3 Å². The first-order valence-electron chi connectivity index (χ1n) is 6.62. The molecule has 1 aliphatic rings. The van der Waals surface area contributed by atoms with Crippen LogP contribution >= 0.6 is 0 Å². The van der Waals surface area contributed by atoms with E-state index >= 15 is 0 Å². The van der Waals surface area contributed by atoms with Gasteiger partial charge in [-0.15, -0.1) is 0 Å². The predicted octanol–water partition coefficient (Wildman–Crippen LogP) is 2.98. The summed E-state index contributed by atoms with van der Waals surface area (Å²) in [5, 5.41) is 5.07. The summed E-state index contributed by atoms with van der Waals surface area (Å²) in [5.41, 5.74) is 4.14. The molecule has 19 heavy (non-hydrogen) atoms. The van der Waals surface area contributed by atoms with Crippen molar-refractivity contribution in [3.63, 3.8) is 0 Å². The molecule has 0 saturated carbocycles. The molecular formula is C19H14. The third-order valence-corrected chi connectivity index (χ3v) is 3.99. The van der Waals surface area contributed by atoms with Gasteiger partial charge in [0.1, 0.15) is 0 Å². The molecule has 0 fully saturated rings. The van der Waals surface area contributed by atoms with E-state index in [0.29, 0.717) is 0 Å². The van der Waals surface area contributed by atoms with Crippen LogP contribution in [0.5, 0.6) is 0 Å². The van der Waals surface area contributed by atoms with Gasteiger partial charge >= 0.3 is 0 Å². The molecule has 1 aliphatic carbocycles. The topological polar surface area (TPSA) is 0 Å². The van der Waals surface area contributed by atoms with Crippen molar-refractivity contribution < 1.29 is 0 Å². The maximum Gasteiger partial charge on any atom is -0.00135 e. The van der Waals surface area contributed by atoms with E-state index in [4.69, 9.17) is 0 Å². The predicted molar refractivity (Wildman–Crippen MR) is 81.5 cm³/mol. The van der Waals surface area contributed by atoms with Gasteiger partial charge in [0.15, 0.2) is 0 Å². The van der Waals surface area contributed by atoms with Gasteiger partial charge in [0.2, 0.25) is 0 Å². The first kappa shape index (κ1) is 10.6. The van der Waals surface area contributed by atoms with Crippen LogP contribution in [0.4, 0.5) is 0 Å². The van der Waals surface area contributed by atoms with E-state index in [9.17, 15) is 0 Å². The summed E-state index contributed by atoms with van der Waals surface area (Å²) in [6.07, 6.45) is 3.32. The normalized spacial score (nSPS) is 12.6. The van der Waals surface area contributed by atoms with Crippen LogP contribution in [0.1, 0.15) is 16.7 Å². The van der Waals surface area contributed by atoms with Crippen molar-refractivity contribution in [3.05, 3.63) is 81.7 Å². The molecule has 0 unspecified atom stereocenters. The number of hydrogen-bond acceptors (Lipinski definition) is 0. The Bertz CT molecular complexity index is 901. The van der Waals surface area contributed by atoms with Crippen molar-refractivity contribution in [2.24, 2.45) is 0 Å². The van der Waals surface area contributed by atoms with Gasteiger partial charge in [-0.1, -0.05) is 61.2 Å². The van der Waals surface area contributed by atoms with Crippen molar-refractivity contribution in [3.8, 4) is 0 Å². The van der Waals surface area contributed by atoms with Gasteiger partial charge in [0.25, 0.3) is 0 Å². The monoisotopic (exact) mass is 242 g/mol. The number of hydrogen-bond donors (Lipinski definition) is 0. The fraction of sp³-hybridized carbons (Fsp3) is 0.0526. The minimum atomic E-state index is 1.01. The number of benzene rings is 3. The second kappa shape index (κ2) is 3.83. The number of rotatable bonds is 0. The summed E-state index contributed by atoms with van der Waals surface area (Å²) in [5.74, 6) is 0. The zero-order valence-electron chi connectivity index (χ0n) is 10.7. The van der Waals surface area contributed by atoms with Crippen LogP contribution in [0.15, 0.2) is 54.6 Å². The molecule has 90 valence electrons. The molecule has 4 rings (SSSR count). The summed E-state index contributed by atoms with van der Waals surface area (Å²) in [6, 6.07) is 19.4. The number of fused-ring (bicyclic) bond motifs is 4. The fourth-order valence-electron chi connectivity index (χ4n) is 3.05. The Morgan fingerprint density at radius 3 is 2.42 bits per heavy atom. The van der Waals surface area contributed by atoms with Gasteiger partial charge in [0.05, 0.1) is 0 Å². The molecule has 0 aliphatic heterocycles. The molecule has 0 heteroatoms. The molecule has 0 radical (unpaired) electrons. The minimum absolute atomic E-state index is 1.01. The van der Waals surface area contributed by atoms with Crippen LogP contribution in [0.2, 0.25) is 0 Å². The van der Waals surface area contributed by atoms with E-state index < -0.39 is 0 Å². The molecule has 3 aromatic rings. The molecule has 0 amide bonds. The maximum atomic E-state index is 4.20. The highest BCUT2D eigenvalue weighted by molar-refractivity contribution is 5.86. The zero-order valence-corrected chi connectivity index (χ0v) is 10.7. The van der Waals surface area contributed by atoms with Gasteiger partial charge in [0, 0.05) is 0 Å². The second-order valence-corrected chi connectivity index (χ2v) is 5.17. The molecule has 0 heterocycles. The molecule has 0 nitrogen and oxygen atoms in total. The molecule has 0 bridgehead atoms. The lowest BCUT2D eigenvalue weighted by Gasteiger charge is -2.15. The fourth-order valence-corrected chi connectivity index (χ4v) is 3.05. The van der Waals surface area contributed by atoms with Gasteiger partial charge in [-0.25, -0.2) is 0 Å². The standard InChI is InChI=1S/C19H14/c1-13-10-16-11-14-6-2-3-7-15(14)12-19(16)18-9-5-4-8-17(13)18/h2-10,12H,1,11H2. The van der Waals surface area contributed by atoms with Crippen molar-refractivity contribution in [2.45, 2.75) is 6.42 Å². The largest absolute Gasteiger partial charge is 0.0911 e. The Kier molecular flexibility index (Phi) is 2.13. The molecule has 0 atom stereocenters. The lowest BCUT2D eigenvalue weighted by molar-refractivity contribution is 1.15. The average molecular weight is 242 g/mol. The van der Waals surface area contributed by atoms with Gasteiger partial charge in [-0.3, -0.25) is 0 Å². The van der Waals surface area contributed by atoms with E-state index in [0.717, 1.165) is 11.6 Å². The first-order valence-corrected chi connectivity index (χ1v) is 6.62. The molecule has 0 saturated heterocycles. The van der Waals surface area contributed by atoms with Crippen LogP contribution in [-0.4, -0.2) is 0 Å². The Morgan fingerprint density at radius 1 is 0.789 bits per heavy atom. The van der Waals surface area contributed by atoms with Crippen molar-refractivity contribution in [1.29, 1.82) is 0 Å². The van der Waals surface area contributed by atoms with Gasteiger partial charge in [-0.05, 0) is 50.4 Å². The summed E-state index contributed by atoms with van der Waals surface area (Å²) in [6.45, 7) is 4.20. The average Bonchev–Trinajstić information content (AvgIpc) is 2.46. The Morgan fingerprint density at radius 2 is 1.53 bits per heavy atom. The highest BCUT2D eigenvalue weighted by Crippen LogP contribution is 2.19. The Labute approximate surface area is 112 Å². The summed E-state index contributed by atoms with van der Waals surface area (Å²) in [4.78, 5) is 0. The Hall–Kier alpha value is -2.34. The lowest BCUT2D eigenvalue weighted by atomic mass is 9.89. The molecule has 3 aromatic carbocycles. The van der Waals surface area contributed by atoms with Crippen molar-refractivity contribution >= 4 is 23.4 Å². The van der Waals surface area contributed by atoms with Crippen LogP contribution in [-0.2, 0) is 6.42 Å². The van der Waals surface area contributed by atoms with Crippen molar-refractivity contribution in [2.75, 3.05) is 0 Å². The highest BCUT2D eigenvalue weighted by atomic mass is 14.1. The molecule has 0 aromatic heterocycles. The van der Waals surface area contributed by atoms with E-state index in [1.54, 1.807) is 0 Å². The summed E-state index contributed by atoms with van der Waals surface area (Å²) >= 11 is 0. The smallest absolute Gasteiger partial charge is 0.00135 e. The van der Waals surface area contributed by atoms with Crippen LogP contribution < -0.4 is 10.4 Å². The summed E-state index contributed by atoms with van der Waals surface area (Å²) < 4.78 is 0. The molecule has 0 spiro atoms. The van der Waals surface area contributed by atoms with Crippen molar-refractivity contribution in [1.82, 2.24) is 0 Å². The minimum Gasteiger partial charge on any atom is -0.0911 e. The van der Waals surface area contributed by atoms with Crippen LogP contribution in [0.25, 0.3) is 23.4 Å². The molecule has 0 N–H and O–H groups in total. The third-order valence-electron chi connectivity index (χ3n) is 3.99. The summed E-state index contributed by atoms with van der Waals surface area (Å²) in [7, 11) is 0. The maximum absolute atomic E-state index is 4.20. The third kappa shape index (κ3) is 1.53. The van der Waals surface area contributed by atoms with Gasteiger partial charge in [-0.2, -0.15) is 0 Å². The van der Waals surface area contributed by atoms with Crippen LogP contribution in [0.3, 0.4) is 0 Å². The lowest BCUT2D eigenvalue weighted by Crippen LogP contribution is -2.20. The van der Waals surface area contributed by atoms with Crippen LogP contribution in [0, 0.1) is 0 Å².